The molecule has 1 N–H and O–H groups in total. The summed E-state index contributed by atoms with van der Waals surface area (Å²) in [7, 11) is 2.01. The highest BCUT2D eigenvalue weighted by molar-refractivity contribution is 5.44. The maximum Gasteiger partial charge on any atom is 0.231 e. The van der Waals surface area contributed by atoms with Crippen LogP contribution in [0.4, 0.5) is 0 Å². The summed E-state index contributed by atoms with van der Waals surface area (Å²) in [5.74, 6) is 1.60. The van der Waals surface area contributed by atoms with Crippen molar-refractivity contribution in [1.29, 1.82) is 0 Å². The fourth-order valence-corrected chi connectivity index (χ4v) is 3.21. The first-order valence-electron chi connectivity index (χ1n) is 7.47. The van der Waals surface area contributed by atoms with Crippen LogP contribution in [0.25, 0.3) is 0 Å². The lowest BCUT2D eigenvalue weighted by Crippen LogP contribution is -2.42. The molecule has 1 atom stereocenters. The van der Waals surface area contributed by atoms with Crippen LogP contribution in [0.2, 0.25) is 0 Å². The first-order chi connectivity index (χ1) is 10.7. The summed E-state index contributed by atoms with van der Waals surface area (Å²) < 4.78 is 12.8. The predicted octanol–water partition coefficient (Wildman–Crippen LogP) is 1.07. The summed E-state index contributed by atoms with van der Waals surface area (Å²) in [6.07, 6.45) is 2.68. The van der Waals surface area contributed by atoms with Crippen LogP contribution in [0.1, 0.15) is 17.0 Å². The molecule has 0 bridgehead atoms. The van der Waals surface area contributed by atoms with Crippen LogP contribution in [0.5, 0.6) is 11.5 Å². The summed E-state index contributed by atoms with van der Waals surface area (Å²) >= 11 is 0. The Morgan fingerprint density at radius 1 is 1.32 bits per heavy atom. The number of fused-ring (bicyclic) bond motifs is 2. The molecule has 2 aliphatic heterocycles. The van der Waals surface area contributed by atoms with Crippen LogP contribution in [-0.4, -0.2) is 39.0 Å². The maximum atomic E-state index is 9.73. The van der Waals surface area contributed by atoms with Gasteiger partial charge in [-0.2, -0.15) is 0 Å². The normalized spacial score (nSPS) is 20.2. The summed E-state index contributed by atoms with van der Waals surface area (Å²) in [5, 5.41) is 9.73. The minimum Gasteiger partial charge on any atom is -0.454 e. The molecule has 1 aromatic heterocycles. The molecule has 4 rings (SSSR count). The van der Waals surface area contributed by atoms with Gasteiger partial charge in [0.2, 0.25) is 6.79 Å². The van der Waals surface area contributed by atoms with Gasteiger partial charge in [-0.3, -0.25) is 4.90 Å². The standard InChI is InChI=1S/C16H19N3O3/c1-18-9-17-13-7-19(12(8-20)5-14(13)18)6-11-2-3-15-16(4-11)22-10-21-15/h2-4,9,12,20H,5-8,10H2,1H3/t12-/m0/s1. The highest BCUT2D eigenvalue weighted by Gasteiger charge is 2.28. The van der Waals surface area contributed by atoms with Gasteiger partial charge in [0.25, 0.3) is 0 Å². The van der Waals surface area contributed by atoms with E-state index in [1.165, 1.54) is 5.69 Å². The second kappa shape index (κ2) is 5.30. The Morgan fingerprint density at radius 2 is 2.18 bits per heavy atom. The number of aryl methyl sites for hydroxylation is 1. The lowest BCUT2D eigenvalue weighted by molar-refractivity contribution is 0.0967. The molecule has 0 saturated carbocycles. The van der Waals surface area contributed by atoms with Crippen LogP contribution < -0.4 is 9.47 Å². The van der Waals surface area contributed by atoms with Gasteiger partial charge in [0.15, 0.2) is 11.5 Å². The van der Waals surface area contributed by atoms with E-state index >= 15 is 0 Å². The molecule has 0 fully saturated rings. The molecular weight excluding hydrogens is 282 g/mol. The van der Waals surface area contributed by atoms with Gasteiger partial charge in [0.1, 0.15) is 0 Å². The van der Waals surface area contributed by atoms with Crippen molar-refractivity contribution in [2.24, 2.45) is 7.05 Å². The first kappa shape index (κ1) is 13.6. The molecule has 0 aliphatic carbocycles. The lowest BCUT2D eigenvalue weighted by Gasteiger charge is -2.34. The van der Waals surface area contributed by atoms with E-state index in [1.54, 1.807) is 0 Å². The Labute approximate surface area is 128 Å². The number of aromatic nitrogens is 2. The van der Waals surface area contributed by atoms with Gasteiger partial charge >= 0.3 is 0 Å². The highest BCUT2D eigenvalue weighted by atomic mass is 16.7. The fourth-order valence-electron chi connectivity index (χ4n) is 3.21. The minimum atomic E-state index is 0.119. The topological polar surface area (TPSA) is 59.8 Å². The molecule has 0 spiro atoms. The lowest BCUT2D eigenvalue weighted by atomic mass is 10.0. The van der Waals surface area contributed by atoms with Crippen molar-refractivity contribution in [1.82, 2.24) is 14.5 Å². The number of hydrogen-bond acceptors (Lipinski definition) is 5. The average molecular weight is 301 g/mol. The van der Waals surface area contributed by atoms with E-state index in [9.17, 15) is 5.11 Å². The summed E-state index contributed by atoms with van der Waals surface area (Å²) in [6.45, 7) is 1.96. The molecule has 0 unspecified atom stereocenters. The molecule has 22 heavy (non-hydrogen) atoms. The largest absolute Gasteiger partial charge is 0.454 e. The Bertz CT molecular complexity index is 698. The zero-order valence-corrected chi connectivity index (χ0v) is 12.5. The number of benzene rings is 1. The van der Waals surface area contributed by atoms with Crippen molar-refractivity contribution in [2.75, 3.05) is 13.4 Å². The van der Waals surface area contributed by atoms with Gasteiger partial charge < -0.3 is 19.1 Å². The molecule has 0 amide bonds. The number of nitrogens with zero attached hydrogens (tertiary/aromatic N) is 3. The van der Waals surface area contributed by atoms with Crippen LogP contribution >= 0.6 is 0 Å². The third kappa shape index (κ3) is 2.24. The Balaban J connectivity index is 1.57. The summed E-state index contributed by atoms with van der Waals surface area (Å²) in [6, 6.07) is 6.14. The maximum absolute atomic E-state index is 9.73. The van der Waals surface area contributed by atoms with Gasteiger partial charge in [-0.15, -0.1) is 0 Å². The molecule has 116 valence electrons. The number of ether oxygens (including phenoxy) is 2. The molecule has 6 heteroatoms. The molecule has 2 aromatic rings. The zero-order valence-electron chi connectivity index (χ0n) is 12.5. The van der Waals surface area contributed by atoms with Gasteiger partial charge in [-0.25, -0.2) is 4.98 Å². The molecule has 3 heterocycles. The third-order valence-corrected chi connectivity index (χ3v) is 4.48. The molecular formula is C16H19N3O3. The predicted molar refractivity (Wildman–Crippen MR) is 79.6 cm³/mol. The van der Waals surface area contributed by atoms with E-state index in [1.807, 2.05) is 25.5 Å². The summed E-state index contributed by atoms with van der Waals surface area (Å²) in [5.41, 5.74) is 3.48. The van der Waals surface area contributed by atoms with Crippen LogP contribution in [-0.2, 0) is 26.6 Å². The number of rotatable bonds is 3. The van der Waals surface area contributed by atoms with E-state index in [0.29, 0.717) is 6.79 Å². The van der Waals surface area contributed by atoms with Gasteiger partial charge in [0.05, 0.1) is 18.6 Å². The Kier molecular flexibility index (Phi) is 3.28. The van der Waals surface area contributed by atoms with Crippen molar-refractivity contribution < 1.29 is 14.6 Å². The summed E-state index contributed by atoms with van der Waals surface area (Å²) in [4.78, 5) is 6.74. The average Bonchev–Trinajstić information content (AvgIpc) is 3.13. The molecule has 0 radical (unpaired) electrons. The monoisotopic (exact) mass is 301 g/mol. The minimum absolute atomic E-state index is 0.119. The van der Waals surface area contributed by atoms with Gasteiger partial charge in [-0.1, -0.05) is 6.07 Å². The van der Waals surface area contributed by atoms with Gasteiger partial charge in [0, 0.05) is 38.3 Å². The van der Waals surface area contributed by atoms with Gasteiger partial charge in [-0.05, 0) is 17.7 Å². The number of hydrogen-bond donors (Lipinski definition) is 1. The third-order valence-electron chi connectivity index (χ3n) is 4.48. The quantitative estimate of drug-likeness (QED) is 0.919. The van der Waals surface area contributed by atoms with E-state index < -0.39 is 0 Å². The van der Waals surface area contributed by atoms with Crippen LogP contribution in [0, 0.1) is 0 Å². The smallest absolute Gasteiger partial charge is 0.231 e. The Morgan fingerprint density at radius 3 is 3.05 bits per heavy atom. The van der Waals surface area contributed by atoms with Crippen LogP contribution in [0.15, 0.2) is 24.5 Å². The van der Waals surface area contributed by atoms with E-state index in [-0.39, 0.29) is 12.6 Å². The fraction of sp³-hybridized carbons (Fsp3) is 0.438. The SMILES string of the molecule is Cn1cnc2c1C[C@@H](CO)N(Cc1ccc3c(c1)OCO3)C2. The molecule has 1 aromatic carbocycles. The van der Waals surface area contributed by atoms with Crippen LogP contribution in [0.3, 0.4) is 0 Å². The van der Waals surface area contributed by atoms with E-state index in [0.717, 1.165) is 42.3 Å². The second-order valence-corrected chi connectivity index (χ2v) is 5.88. The zero-order chi connectivity index (χ0) is 15.1. The number of imidazole rings is 1. The molecule has 0 saturated heterocycles. The van der Waals surface area contributed by atoms with E-state index in [2.05, 4.69) is 20.5 Å². The van der Waals surface area contributed by atoms with Crippen molar-refractivity contribution >= 4 is 0 Å². The van der Waals surface area contributed by atoms with Crippen molar-refractivity contribution in [2.45, 2.75) is 25.6 Å². The number of aliphatic hydroxyl groups excluding tert-OH is 1. The van der Waals surface area contributed by atoms with Crippen molar-refractivity contribution in [3.8, 4) is 11.5 Å². The van der Waals surface area contributed by atoms with Crippen molar-refractivity contribution in [3.63, 3.8) is 0 Å². The van der Waals surface area contributed by atoms with E-state index in [4.69, 9.17) is 9.47 Å². The molecule has 2 aliphatic rings. The van der Waals surface area contributed by atoms with Crippen molar-refractivity contribution in [3.05, 3.63) is 41.5 Å². The second-order valence-electron chi connectivity index (χ2n) is 5.88. The highest BCUT2D eigenvalue weighted by Crippen LogP contribution is 2.33. The Hall–Kier alpha value is -2.05. The number of aliphatic hydroxyl groups is 1. The first-order valence-corrected chi connectivity index (χ1v) is 7.47. The molecule has 6 nitrogen and oxygen atoms in total.